The molecule has 0 saturated carbocycles. The number of hydrogen-bond donors (Lipinski definition) is 2. The molecule has 1 aromatic carbocycles. The van der Waals surface area contributed by atoms with E-state index in [-0.39, 0.29) is 17.3 Å². The van der Waals surface area contributed by atoms with Crippen LogP contribution in [0.15, 0.2) is 36.5 Å². The van der Waals surface area contributed by atoms with Gasteiger partial charge in [0.15, 0.2) is 5.69 Å². The van der Waals surface area contributed by atoms with Gasteiger partial charge in [0.25, 0.3) is 5.91 Å². The van der Waals surface area contributed by atoms with Crippen molar-refractivity contribution in [3.05, 3.63) is 58.9 Å². The van der Waals surface area contributed by atoms with Crippen LogP contribution in [0, 0.1) is 0 Å². The number of aromatic carboxylic acids is 1. The van der Waals surface area contributed by atoms with Crippen LogP contribution in [-0.4, -0.2) is 22.0 Å². The first kappa shape index (κ1) is 13.3. The Hall–Kier alpha value is -2.69. The van der Waals surface area contributed by atoms with Gasteiger partial charge in [0, 0.05) is 11.8 Å². The molecule has 0 radical (unpaired) electrons. The van der Waals surface area contributed by atoms with Crippen LogP contribution in [-0.2, 0) is 12.8 Å². The average Bonchev–Trinajstić information content (AvgIpc) is 2.94. The Morgan fingerprint density at radius 3 is 2.76 bits per heavy atom. The van der Waals surface area contributed by atoms with Crippen molar-refractivity contribution in [2.75, 3.05) is 5.32 Å². The number of nitrogens with one attached hydrogen (secondary N) is 1. The molecule has 0 atom stereocenters. The molecule has 0 spiro atoms. The van der Waals surface area contributed by atoms with Gasteiger partial charge in [-0.25, -0.2) is 9.78 Å². The second kappa shape index (κ2) is 5.36. The maximum Gasteiger partial charge on any atom is 0.356 e. The van der Waals surface area contributed by atoms with Crippen molar-refractivity contribution in [1.82, 2.24) is 4.98 Å². The van der Waals surface area contributed by atoms with E-state index in [1.165, 1.54) is 23.4 Å². The zero-order valence-electron chi connectivity index (χ0n) is 11.3. The number of carbonyl (C=O) groups excluding carboxylic acids is 1. The number of pyridine rings is 1. The van der Waals surface area contributed by atoms with E-state index in [2.05, 4.69) is 10.3 Å². The van der Waals surface area contributed by atoms with Crippen LogP contribution in [0.5, 0.6) is 0 Å². The summed E-state index contributed by atoms with van der Waals surface area (Å²) in [4.78, 5) is 27.1. The highest BCUT2D eigenvalue weighted by molar-refractivity contribution is 6.07. The van der Waals surface area contributed by atoms with Gasteiger partial charge in [-0.15, -0.1) is 0 Å². The van der Waals surface area contributed by atoms with E-state index in [1.54, 1.807) is 12.1 Å². The Labute approximate surface area is 121 Å². The van der Waals surface area contributed by atoms with Crippen LogP contribution in [0.25, 0.3) is 0 Å². The highest BCUT2D eigenvalue weighted by Gasteiger charge is 2.17. The zero-order valence-corrected chi connectivity index (χ0v) is 11.3. The summed E-state index contributed by atoms with van der Waals surface area (Å²) >= 11 is 0. The number of aryl methyl sites for hydroxylation is 2. The fourth-order valence-electron chi connectivity index (χ4n) is 2.58. The Morgan fingerprint density at radius 2 is 1.95 bits per heavy atom. The summed E-state index contributed by atoms with van der Waals surface area (Å²) in [5.74, 6) is -1.49. The Bertz CT molecular complexity index is 725. The summed E-state index contributed by atoms with van der Waals surface area (Å²) in [5, 5.41) is 11.7. The molecule has 2 N–H and O–H groups in total. The van der Waals surface area contributed by atoms with Crippen LogP contribution in [0.3, 0.4) is 0 Å². The highest BCUT2D eigenvalue weighted by atomic mass is 16.4. The lowest BCUT2D eigenvalue weighted by Crippen LogP contribution is -2.16. The maximum absolute atomic E-state index is 12.3. The van der Waals surface area contributed by atoms with Crippen LogP contribution in [0.4, 0.5) is 5.69 Å². The van der Waals surface area contributed by atoms with Gasteiger partial charge in [-0.3, -0.25) is 4.79 Å². The van der Waals surface area contributed by atoms with Gasteiger partial charge in [0.1, 0.15) is 0 Å². The number of benzene rings is 1. The number of amides is 1. The minimum atomic E-state index is -1.17. The minimum absolute atomic E-state index is 0.160. The monoisotopic (exact) mass is 282 g/mol. The summed E-state index contributed by atoms with van der Waals surface area (Å²) in [6.07, 6.45) is 4.55. The summed E-state index contributed by atoms with van der Waals surface area (Å²) in [6.45, 7) is 0. The van der Waals surface area contributed by atoms with E-state index in [0.29, 0.717) is 5.56 Å². The van der Waals surface area contributed by atoms with Gasteiger partial charge in [0.2, 0.25) is 0 Å². The van der Waals surface area contributed by atoms with E-state index >= 15 is 0 Å². The molecule has 0 aliphatic heterocycles. The van der Waals surface area contributed by atoms with Crippen LogP contribution < -0.4 is 5.32 Å². The van der Waals surface area contributed by atoms with E-state index in [1.807, 2.05) is 12.1 Å². The van der Waals surface area contributed by atoms with Gasteiger partial charge >= 0.3 is 5.97 Å². The molecule has 1 aliphatic rings. The van der Waals surface area contributed by atoms with Crippen molar-refractivity contribution < 1.29 is 14.7 Å². The molecule has 0 fully saturated rings. The smallest absolute Gasteiger partial charge is 0.356 e. The summed E-state index contributed by atoms with van der Waals surface area (Å²) in [6, 6.07) is 8.75. The van der Waals surface area contributed by atoms with E-state index in [0.717, 1.165) is 19.3 Å². The number of anilines is 1. The number of hydrogen-bond acceptors (Lipinski definition) is 3. The Kier molecular flexibility index (Phi) is 3.39. The first-order valence-electron chi connectivity index (χ1n) is 6.76. The largest absolute Gasteiger partial charge is 0.476 e. The van der Waals surface area contributed by atoms with Crippen molar-refractivity contribution in [2.24, 2.45) is 0 Å². The summed E-state index contributed by atoms with van der Waals surface area (Å²) in [5.41, 5.74) is 3.07. The first-order chi connectivity index (χ1) is 10.1. The molecule has 21 heavy (non-hydrogen) atoms. The van der Waals surface area contributed by atoms with Gasteiger partial charge in [0.05, 0.1) is 5.69 Å². The number of aromatic nitrogens is 1. The van der Waals surface area contributed by atoms with Crippen LogP contribution >= 0.6 is 0 Å². The van der Waals surface area contributed by atoms with Gasteiger partial charge in [-0.2, -0.15) is 0 Å². The Morgan fingerprint density at radius 1 is 1.14 bits per heavy atom. The topological polar surface area (TPSA) is 79.3 Å². The molecule has 3 rings (SSSR count). The van der Waals surface area contributed by atoms with Crippen molar-refractivity contribution in [1.29, 1.82) is 0 Å². The highest BCUT2D eigenvalue weighted by Crippen LogP contribution is 2.23. The van der Waals surface area contributed by atoms with E-state index < -0.39 is 5.97 Å². The second-order valence-electron chi connectivity index (χ2n) is 5.00. The predicted molar refractivity (Wildman–Crippen MR) is 77.6 cm³/mol. The number of carboxylic acids is 1. The lowest BCUT2D eigenvalue weighted by Gasteiger charge is -2.08. The first-order valence-corrected chi connectivity index (χ1v) is 6.76. The molecule has 106 valence electrons. The zero-order chi connectivity index (χ0) is 14.8. The second-order valence-corrected chi connectivity index (χ2v) is 5.00. The van der Waals surface area contributed by atoms with Crippen molar-refractivity contribution >= 4 is 17.6 Å². The van der Waals surface area contributed by atoms with Gasteiger partial charge in [-0.05, 0) is 54.7 Å². The maximum atomic E-state index is 12.3. The van der Waals surface area contributed by atoms with Crippen molar-refractivity contribution in [3.8, 4) is 0 Å². The van der Waals surface area contributed by atoms with Gasteiger partial charge in [-0.1, -0.05) is 6.07 Å². The lowest BCUT2D eigenvalue weighted by molar-refractivity contribution is 0.0692. The number of fused-ring (bicyclic) bond motifs is 1. The van der Waals surface area contributed by atoms with Crippen molar-refractivity contribution in [3.63, 3.8) is 0 Å². The normalized spacial score (nSPS) is 12.8. The minimum Gasteiger partial charge on any atom is -0.476 e. The molecule has 0 bridgehead atoms. The van der Waals surface area contributed by atoms with E-state index in [4.69, 9.17) is 5.11 Å². The molecule has 5 nitrogen and oxygen atoms in total. The summed E-state index contributed by atoms with van der Waals surface area (Å²) in [7, 11) is 0. The SMILES string of the molecule is O=C(Nc1cccnc1C(=O)O)c1ccc2c(c1)CCC2. The van der Waals surface area contributed by atoms with Crippen molar-refractivity contribution in [2.45, 2.75) is 19.3 Å². The molecule has 0 saturated heterocycles. The molecule has 1 amide bonds. The third-order valence-electron chi connectivity index (χ3n) is 3.62. The number of carbonyl (C=O) groups is 2. The molecule has 2 aromatic rings. The molecule has 1 heterocycles. The number of nitrogens with zero attached hydrogens (tertiary/aromatic N) is 1. The molecule has 1 aromatic heterocycles. The molecular weight excluding hydrogens is 268 g/mol. The lowest BCUT2D eigenvalue weighted by atomic mass is 10.1. The number of rotatable bonds is 3. The molecule has 1 aliphatic carbocycles. The standard InChI is InChI=1S/C16H14N2O3/c19-15(12-7-6-10-3-1-4-11(10)9-12)18-13-5-2-8-17-14(13)16(20)21/h2,5-9H,1,3-4H2,(H,18,19)(H,20,21). The average molecular weight is 282 g/mol. The fourth-order valence-corrected chi connectivity index (χ4v) is 2.58. The number of carboxylic acid groups (broad SMARTS) is 1. The Balaban J connectivity index is 1.85. The van der Waals surface area contributed by atoms with E-state index in [9.17, 15) is 9.59 Å². The third-order valence-corrected chi connectivity index (χ3v) is 3.62. The molecule has 0 unspecified atom stereocenters. The third kappa shape index (κ3) is 2.63. The molecule has 5 heteroatoms. The van der Waals surface area contributed by atoms with Gasteiger partial charge < -0.3 is 10.4 Å². The van der Waals surface area contributed by atoms with Crippen LogP contribution in [0.2, 0.25) is 0 Å². The molecular formula is C16H14N2O3. The predicted octanol–water partition coefficient (Wildman–Crippen LogP) is 2.52. The quantitative estimate of drug-likeness (QED) is 0.906. The van der Waals surface area contributed by atoms with Crippen LogP contribution in [0.1, 0.15) is 38.4 Å². The fraction of sp³-hybridized carbons (Fsp3) is 0.188. The summed E-state index contributed by atoms with van der Waals surface area (Å²) < 4.78 is 0.